The molecule has 0 radical (unpaired) electrons. The van der Waals surface area contributed by atoms with E-state index in [1.54, 1.807) is 19.5 Å². The number of alkyl carbamates (subject to hydrolysis) is 1. The van der Waals surface area contributed by atoms with Gasteiger partial charge in [-0.1, -0.05) is 32.9 Å². The van der Waals surface area contributed by atoms with Gasteiger partial charge in [0.15, 0.2) is 5.65 Å². The van der Waals surface area contributed by atoms with E-state index in [0.717, 1.165) is 28.4 Å². The van der Waals surface area contributed by atoms with Gasteiger partial charge < -0.3 is 20.1 Å². The van der Waals surface area contributed by atoms with Crippen molar-refractivity contribution in [2.75, 3.05) is 25.6 Å². The van der Waals surface area contributed by atoms with Crippen molar-refractivity contribution < 1.29 is 14.3 Å². The van der Waals surface area contributed by atoms with Crippen LogP contribution in [0.15, 0.2) is 42.9 Å². The van der Waals surface area contributed by atoms with Gasteiger partial charge in [-0.2, -0.15) is 0 Å². The predicted molar refractivity (Wildman–Crippen MR) is 111 cm³/mol. The van der Waals surface area contributed by atoms with Gasteiger partial charge in [-0.3, -0.25) is 9.38 Å². The Morgan fingerprint density at radius 3 is 2.62 bits per heavy atom. The third kappa shape index (κ3) is 5.23. The fourth-order valence-corrected chi connectivity index (χ4v) is 2.83. The normalized spacial score (nSPS) is 11.4. The molecule has 0 aliphatic carbocycles. The highest BCUT2D eigenvalue weighted by molar-refractivity contribution is 5.67. The molecular weight excluding hydrogens is 370 g/mol. The van der Waals surface area contributed by atoms with E-state index >= 15 is 0 Å². The van der Waals surface area contributed by atoms with Crippen LogP contribution in [0.1, 0.15) is 32.0 Å². The minimum atomic E-state index is -0.460. The van der Waals surface area contributed by atoms with E-state index in [-0.39, 0.29) is 12.0 Å². The Morgan fingerprint density at radius 1 is 1.17 bits per heavy atom. The number of hydrogen-bond donors (Lipinski definition) is 2. The fraction of sp³-hybridized carbons (Fsp3) is 0.381. The molecule has 0 aliphatic rings. The molecule has 0 unspecified atom stereocenters. The highest BCUT2D eigenvalue weighted by Gasteiger charge is 2.24. The highest BCUT2D eigenvalue weighted by atomic mass is 16.6. The molecule has 0 aliphatic heterocycles. The number of rotatable bonds is 7. The Bertz CT molecular complexity index is 961. The number of nitrogens with one attached hydrogen (secondary N) is 2. The minimum absolute atomic E-state index is 0.124. The number of carbonyl (C=O) groups excluding carboxylic acids is 1. The maximum Gasteiger partial charge on any atom is 0.407 e. The molecule has 2 N–H and O–H groups in total. The lowest BCUT2D eigenvalue weighted by atomic mass is 9.92. The topological polar surface area (TPSA) is 89.8 Å². The van der Waals surface area contributed by atoms with E-state index in [9.17, 15) is 4.79 Å². The summed E-state index contributed by atoms with van der Waals surface area (Å²) in [6, 6.07) is 7.86. The number of nitrogens with zero attached hydrogens (tertiary/aromatic N) is 3. The first-order valence-electron chi connectivity index (χ1n) is 9.46. The lowest BCUT2D eigenvalue weighted by Gasteiger charge is -2.18. The van der Waals surface area contributed by atoms with Crippen LogP contribution in [-0.2, 0) is 21.4 Å². The molecule has 8 heteroatoms. The second-order valence-corrected chi connectivity index (χ2v) is 7.67. The zero-order chi connectivity index (χ0) is 20.9. The first kappa shape index (κ1) is 20.6. The van der Waals surface area contributed by atoms with Crippen LogP contribution < -0.4 is 10.6 Å². The Balaban J connectivity index is 1.70. The second kappa shape index (κ2) is 8.91. The molecule has 2 aromatic heterocycles. The third-order valence-electron chi connectivity index (χ3n) is 4.31. The Kier molecular flexibility index (Phi) is 6.33. The van der Waals surface area contributed by atoms with Gasteiger partial charge in [-0.25, -0.2) is 9.78 Å². The maximum atomic E-state index is 11.6. The number of amides is 1. The number of hydrogen-bond acceptors (Lipinski definition) is 6. The van der Waals surface area contributed by atoms with E-state index in [2.05, 4.69) is 36.4 Å². The number of aromatic nitrogens is 3. The summed E-state index contributed by atoms with van der Waals surface area (Å²) < 4.78 is 11.8. The van der Waals surface area contributed by atoms with Crippen molar-refractivity contribution in [2.24, 2.45) is 0 Å². The monoisotopic (exact) mass is 397 g/mol. The van der Waals surface area contributed by atoms with E-state index in [4.69, 9.17) is 14.5 Å². The zero-order valence-electron chi connectivity index (χ0n) is 17.2. The number of methoxy groups -OCH3 is 1. The zero-order valence-corrected chi connectivity index (χ0v) is 17.2. The molecule has 1 amide bonds. The number of anilines is 2. The number of imidazole rings is 1. The standard InChI is InChI=1S/C21H27N5O3/c1-21(2,3)18-19(26-10-9-22-14-17(26)25-18)24-16-7-5-15(6-8-16)13-23-20(27)29-12-11-28-4/h5-10,14,24H,11-13H2,1-4H3,(H,23,27). The van der Waals surface area contributed by atoms with E-state index in [1.165, 1.54) is 0 Å². The third-order valence-corrected chi connectivity index (χ3v) is 4.31. The van der Waals surface area contributed by atoms with Gasteiger partial charge in [-0.05, 0) is 17.7 Å². The lowest BCUT2D eigenvalue weighted by molar-refractivity contribution is 0.0983. The van der Waals surface area contributed by atoms with Gasteiger partial charge in [0.2, 0.25) is 0 Å². The quantitative estimate of drug-likeness (QED) is 0.592. The van der Waals surface area contributed by atoms with Gasteiger partial charge in [0.05, 0.1) is 18.5 Å². The molecular formula is C21H27N5O3. The minimum Gasteiger partial charge on any atom is -0.447 e. The predicted octanol–water partition coefficient (Wildman–Crippen LogP) is 3.64. The molecule has 0 saturated heterocycles. The smallest absolute Gasteiger partial charge is 0.407 e. The van der Waals surface area contributed by atoms with Crippen molar-refractivity contribution in [3.05, 3.63) is 54.1 Å². The van der Waals surface area contributed by atoms with Gasteiger partial charge in [0.1, 0.15) is 12.4 Å². The van der Waals surface area contributed by atoms with E-state index in [0.29, 0.717) is 13.2 Å². The van der Waals surface area contributed by atoms with Crippen molar-refractivity contribution in [2.45, 2.75) is 32.7 Å². The number of fused-ring (bicyclic) bond motifs is 1. The first-order valence-corrected chi connectivity index (χ1v) is 9.46. The number of carbonyl (C=O) groups is 1. The molecule has 0 spiro atoms. The van der Waals surface area contributed by atoms with Crippen LogP contribution in [0.5, 0.6) is 0 Å². The summed E-state index contributed by atoms with van der Waals surface area (Å²) in [5, 5.41) is 6.19. The Morgan fingerprint density at radius 2 is 1.93 bits per heavy atom. The van der Waals surface area contributed by atoms with Crippen LogP contribution in [0.4, 0.5) is 16.3 Å². The summed E-state index contributed by atoms with van der Waals surface area (Å²) in [5.74, 6) is 0.919. The summed E-state index contributed by atoms with van der Waals surface area (Å²) in [6.45, 7) is 7.40. The molecule has 1 aromatic carbocycles. The first-order chi connectivity index (χ1) is 13.9. The molecule has 0 fully saturated rings. The average molecular weight is 397 g/mol. The fourth-order valence-electron chi connectivity index (χ4n) is 2.83. The van der Waals surface area contributed by atoms with Gasteiger partial charge >= 0.3 is 6.09 Å². The highest BCUT2D eigenvalue weighted by Crippen LogP contribution is 2.31. The van der Waals surface area contributed by atoms with Crippen molar-refractivity contribution in [1.82, 2.24) is 19.7 Å². The number of ether oxygens (including phenoxy) is 2. The summed E-state index contributed by atoms with van der Waals surface area (Å²) in [7, 11) is 1.56. The van der Waals surface area contributed by atoms with Crippen molar-refractivity contribution in [3.63, 3.8) is 0 Å². The van der Waals surface area contributed by atoms with Crippen LogP contribution >= 0.6 is 0 Å². The average Bonchev–Trinajstić information content (AvgIpc) is 3.07. The Labute approximate surface area is 170 Å². The summed E-state index contributed by atoms with van der Waals surface area (Å²) >= 11 is 0. The van der Waals surface area contributed by atoms with Crippen molar-refractivity contribution in [1.29, 1.82) is 0 Å². The molecule has 2 heterocycles. The van der Waals surface area contributed by atoms with Crippen LogP contribution in [0, 0.1) is 0 Å². The van der Waals surface area contributed by atoms with E-state index in [1.807, 2.05) is 34.9 Å². The molecule has 0 bridgehead atoms. The van der Waals surface area contributed by atoms with Gasteiger partial charge in [0, 0.05) is 37.2 Å². The second-order valence-electron chi connectivity index (χ2n) is 7.67. The van der Waals surface area contributed by atoms with Crippen molar-refractivity contribution >= 4 is 23.2 Å². The summed E-state index contributed by atoms with van der Waals surface area (Å²) in [5.41, 5.74) is 3.54. The molecule has 3 aromatic rings. The number of benzene rings is 1. The molecule has 0 saturated carbocycles. The molecule has 29 heavy (non-hydrogen) atoms. The van der Waals surface area contributed by atoms with Crippen LogP contribution in [0.2, 0.25) is 0 Å². The van der Waals surface area contributed by atoms with E-state index < -0.39 is 6.09 Å². The van der Waals surface area contributed by atoms with Gasteiger partial charge in [0.25, 0.3) is 0 Å². The molecule has 0 atom stereocenters. The maximum absolute atomic E-state index is 11.6. The summed E-state index contributed by atoms with van der Waals surface area (Å²) in [4.78, 5) is 20.5. The molecule has 8 nitrogen and oxygen atoms in total. The Hall–Kier alpha value is -3.13. The van der Waals surface area contributed by atoms with Gasteiger partial charge in [-0.15, -0.1) is 0 Å². The summed E-state index contributed by atoms with van der Waals surface area (Å²) in [6.07, 6.45) is 4.93. The largest absolute Gasteiger partial charge is 0.447 e. The molecule has 154 valence electrons. The van der Waals surface area contributed by atoms with Crippen LogP contribution in [-0.4, -0.2) is 40.8 Å². The van der Waals surface area contributed by atoms with Crippen molar-refractivity contribution in [3.8, 4) is 0 Å². The lowest BCUT2D eigenvalue weighted by Crippen LogP contribution is -2.25. The molecule has 3 rings (SSSR count). The SMILES string of the molecule is COCCOC(=O)NCc1ccc(Nc2c(C(C)(C)C)nc3cnccn23)cc1. The van der Waals surface area contributed by atoms with Crippen LogP contribution in [0.3, 0.4) is 0 Å². The van der Waals surface area contributed by atoms with Crippen LogP contribution in [0.25, 0.3) is 5.65 Å².